The van der Waals surface area contributed by atoms with E-state index in [2.05, 4.69) is 20.8 Å². The molecule has 50 heavy (non-hydrogen) atoms. The molecule has 272 valence electrons. The van der Waals surface area contributed by atoms with Gasteiger partial charge in [-0.05, 0) is 56.9 Å². The van der Waals surface area contributed by atoms with E-state index >= 15 is 0 Å². The van der Waals surface area contributed by atoms with Crippen LogP contribution < -0.4 is 15.2 Å². The predicted octanol–water partition coefficient (Wildman–Crippen LogP) is 4.20. The second-order valence-corrected chi connectivity index (χ2v) is 14.4. The molecule has 2 unspecified atom stereocenters. The Morgan fingerprint density at radius 3 is 2.56 bits per heavy atom. The predicted molar refractivity (Wildman–Crippen MR) is 180 cm³/mol. The van der Waals surface area contributed by atoms with E-state index in [-0.39, 0.29) is 49.2 Å². The number of carbonyl (C=O) groups is 3. The molecule has 0 spiro atoms. The fraction of sp³-hybridized carbons (Fsp3) is 0.545. The molecule has 5 rings (SSSR count). The minimum atomic E-state index is -2.68. The lowest BCUT2D eigenvalue weighted by molar-refractivity contribution is -0.149. The second kappa shape index (κ2) is 15.0. The number of amides is 2. The normalized spacial score (nSPS) is 18.2. The molecule has 2 atom stereocenters. The molecule has 2 aromatic heterocycles. The fourth-order valence-electron chi connectivity index (χ4n) is 6.15. The van der Waals surface area contributed by atoms with Crippen LogP contribution in [0.2, 0.25) is 0 Å². The highest BCUT2D eigenvalue weighted by Crippen LogP contribution is 2.42. The van der Waals surface area contributed by atoms with E-state index in [0.29, 0.717) is 23.4 Å². The van der Waals surface area contributed by atoms with Gasteiger partial charge in [0.1, 0.15) is 29.5 Å². The van der Waals surface area contributed by atoms with Crippen LogP contribution in [0, 0.1) is 13.8 Å². The van der Waals surface area contributed by atoms with Crippen molar-refractivity contribution in [2.75, 3.05) is 19.0 Å². The van der Waals surface area contributed by atoms with Gasteiger partial charge < -0.3 is 43.9 Å². The van der Waals surface area contributed by atoms with E-state index in [1.54, 1.807) is 25.2 Å². The molecule has 16 nitrogen and oxygen atoms in total. The molecule has 1 aliphatic carbocycles. The Morgan fingerprint density at radius 1 is 1.14 bits per heavy atom. The monoisotopic (exact) mass is 716 g/mol. The van der Waals surface area contributed by atoms with Crippen LogP contribution in [0.4, 0.5) is 10.6 Å². The van der Waals surface area contributed by atoms with Crippen molar-refractivity contribution in [3.8, 4) is 5.75 Å². The molecule has 1 aliphatic heterocycles. The number of ether oxygens (including phenoxy) is 4. The molecule has 0 radical (unpaired) electrons. The topological polar surface area (TPSA) is 198 Å². The highest BCUT2D eigenvalue weighted by Gasteiger charge is 2.40. The van der Waals surface area contributed by atoms with Crippen molar-refractivity contribution in [3.63, 3.8) is 0 Å². The van der Waals surface area contributed by atoms with E-state index in [1.807, 2.05) is 40.7 Å². The molecule has 3 heterocycles. The van der Waals surface area contributed by atoms with Crippen LogP contribution in [-0.2, 0) is 49.5 Å². The lowest BCUT2D eigenvalue weighted by atomic mass is 9.78. The third kappa shape index (κ3) is 9.17. The first-order chi connectivity index (χ1) is 23.6. The van der Waals surface area contributed by atoms with Crippen LogP contribution >= 0.6 is 8.60 Å². The van der Waals surface area contributed by atoms with Gasteiger partial charge in [0.15, 0.2) is 6.73 Å². The minimum absolute atomic E-state index is 0.0823. The number of alkyl carbamates (subject to hydrolysis) is 1. The van der Waals surface area contributed by atoms with Crippen LogP contribution in [0.1, 0.15) is 91.1 Å². The number of carbonyl (C=O) groups excluding carboxylic acids is 3. The van der Waals surface area contributed by atoms with Gasteiger partial charge in [-0.1, -0.05) is 19.9 Å². The Bertz CT molecular complexity index is 1730. The Balaban J connectivity index is 1.31. The smallest absolute Gasteiger partial charge is 0.407 e. The third-order valence-electron chi connectivity index (χ3n) is 8.70. The summed E-state index contributed by atoms with van der Waals surface area (Å²) in [7, 11) is 0.496. The van der Waals surface area contributed by atoms with Crippen LogP contribution in [0.15, 0.2) is 24.3 Å². The first-order valence-electron chi connectivity index (χ1n) is 16.2. The highest BCUT2D eigenvalue weighted by atomic mass is 31.2. The van der Waals surface area contributed by atoms with E-state index in [1.165, 1.54) is 16.5 Å². The molecular formula is C33H45N6O10P. The summed E-state index contributed by atoms with van der Waals surface area (Å²) in [5.41, 5.74) is 2.57. The second-order valence-electron chi connectivity index (χ2n) is 13.8. The Hall–Kier alpha value is -4.08. The van der Waals surface area contributed by atoms with Crippen molar-refractivity contribution in [1.82, 2.24) is 24.9 Å². The molecule has 4 N–H and O–H groups in total. The van der Waals surface area contributed by atoms with Crippen LogP contribution in [-0.4, -0.2) is 72.7 Å². The Kier molecular flexibility index (Phi) is 11.2. The van der Waals surface area contributed by atoms with Crippen molar-refractivity contribution in [3.05, 3.63) is 58.0 Å². The van der Waals surface area contributed by atoms with Gasteiger partial charge in [0, 0.05) is 43.2 Å². The highest BCUT2D eigenvalue weighted by molar-refractivity contribution is 7.39. The Labute approximate surface area is 291 Å². The fourth-order valence-corrected chi connectivity index (χ4v) is 6.47. The first-order valence-corrected chi connectivity index (χ1v) is 17.4. The lowest BCUT2D eigenvalue weighted by Crippen LogP contribution is -2.37. The molecule has 1 saturated heterocycles. The number of nitrogens with one attached hydrogen (secondary N) is 2. The molecule has 2 fully saturated rings. The molecule has 17 heteroatoms. The SMILES string of the molecule is COCc1cc(C(=O)Nc2cc(C3CC(OC(=O)NC4(C)CC4)CO3)nn2COC(=O)CC(C)(C)c2c(C)cc(C)cc2OP(O)O)n(C)n1. The maximum absolute atomic E-state index is 13.4. The number of benzene rings is 1. The van der Waals surface area contributed by atoms with Gasteiger partial charge in [0.25, 0.3) is 5.91 Å². The van der Waals surface area contributed by atoms with E-state index in [0.717, 1.165) is 24.0 Å². The van der Waals surface area contributed by atoms with Crippen molar-refractivity contribution in [2.45, 2.75) is 96.8 Å². The summed E-state index contributed by atoms with van der Waals surface area (Å²) in [4.78, 5) is 58.2. The number of aryl methyl sites for hydroxylation is 3. The number of hydrogen-bond acceptors (Lipinski definition) is 12. The number of aromatic nitrogens is 4. The van der Waals surface area contributed by atoms with Crippen LogP contribution in [0.5, 0.6) is 5.75 Å². The zero-order chi connectivity index (χ0) is 36.4. The van der Waals surface area contributed by atoms with E-state index in [9.17, 15) is 24.2 Å². The first kappa shape index (κ1) is 37.2. The standard InChI is InChI=1S/C33H45N6O10P/c1-19-10-20(2)29(26(11-19)49-50(43)44)32(3,4)15-28(40)47-18-39-27(34-30(41)24-12-21(16-45-7)36-38(24)6)14-23(37-39)25-13-22(17-46-25)48-31(42)35-33(5)8-9-33/h10-12,14,22,25,43-44H,8-9,13,15-18H2,1-7H3,(H,34,41)(H,35,42). The summed E-state index contributed by atoms with van der Waals surface area (Å²) in [6.07, 6.45) is 0.531. The van der Waals surface area contributed by atoms with Gasteiger partial charge in [-0.25, -0.2) is 9.48 Å². The zero-order valence-electron chi connectivity index (χ0n) is 29.3. The van der Waals surface area contributed by atoms with Gasteiger partial charge in [0.2, 0.25) is 0 Å². The lowest BCUT2D eigenvalue weighted by Gasteiger charge is -2.29. The number of hydrogen-bond donors (Lipinski definition) is 4. The van der Waals surface area contributed by atoms with Crippen molar-refractivity contribution in [1.29, 1.82) is 0 Å². The largest absolute Gasteiger partial charge is 0.444 e. The number of esters is 1. The van der Waals surface area contributed by atoms with Gasteiger partial charge in [-0.15, -0.1) is 0 Å². The van der Waals surface area contributed by atoms with Crippen molar-refractivity contribution >= 4 is 32.4 Å². The quantitative estimate of drug-likeness (QED) is 0.137. The summed E-state index contributed by atoms with van der Waals surface area (Å²) in [5, 5.41) is 14.6. The van der Waals surface area contributed by atoms with E-state index < -0.39 is 44.2 Å². The maximum Gasteiger partial charge on any atom is 0.407 e. The average Bonchev–Trinajstić information content (AvgIpc) is 3.32. The maximum atomic E-state index is 13.4. The molecule has 0 bridgehead atoms. The summed E-state index contributed by atoms with van der Waals surface area (Å²) in [6, 6.07) is 6.85. The van der Waals surface area contributed by atoms with Crippen molar-refractivity contribution in [2.24, 2.45) is 7.05 Å². The van der Waals surface area contributed by atoms with Crippen LogP contribution in [0.25, 0.3) is 0 Å². The molecule has 2 aliphatic rings. The molecular weight excluding hydrogens is 671 g/mol. The molecule has 1 aromatic carbocycles. The number of methoxy groups -OCH3 is 1. The Morgan fingerprint density at radius 2 is 1.88 bits per heavy atom. The van der Waals surface area contributed by atoms with Gasteiger partial charge >= 0.3 is 20.7 Å². The summed E-state index contributed by atoms with van der Waals surface area (Å²) >= 11 is 0. The summed E-state index contributed by atoms with van der Waals surface area (Å²) in [5.74, 6) is -0.526. The van der Waals surface area contributed by atoms with Crippen LogP contribution in [0.3, 0.4) is 0 Å². The van der Waals surface area contributed by atoms with Gasteiger partial charge in [-0.3, -0.25) is 14.3 Å². The molecule has 3 aromatic rings. The zero-order valence-corrected chi connectivity index (χ0v) is 30.2. The number of nitrogens with zero attached hydrogens (tertiary/aromatic N) is 4. The number of anilines is 1. The van der Waals surface area contributed by atoms with Crippen molar-refractivity contribution < 1.29 is 47.6 Å². The van der Waals surface area contributed by atoms with Gasteiger partial charge in [-0.2, -0.15) is 10.2 Å². The average molecular weight is 717 g/mol. The summed E-state index contributed by atoms with van der Waals surface area (Å²) in [6.45, 7) is 9.41. The van der Waals surface area contributed by atoms with E-state index in [4.69, 9.17) is 23.5 Å². The summed E-state index contributed by atoms with van der Waals surface area (Å²) < 4.78 is 30.4. The molecule has 2 amide bonds. The minimum Gasteiger partial charge on any atom is -0.444 e. The number of rotatable bonds is 14. The molecule has 1 saturated carbocycles. The van der Waals surface area contributed by atoms with Gasteiger partial charge in [0.05, 0.1) is 31.0 Å². The third-order valence-corrected chi connectivity index (χ3v) is 9.06.